The van der Waals surface area contributed by atoms with Crippen molar-refractivity contribution < 1.29 is 4.74 Å². The molecule has 3 aromatic heterocycles. The number of fused-ring (bicyclic) bond motifs is 2. The van der Waals surface area contributed by atoms with Gasteiger partial charge in [0.05, 0.1) is 11.6 Å². The van der Waals surface area contributed by atoms with Gasteiger partial charge in [-0.2, -0.15) is 4.98 Å². The van der Waals surface area contributed by atoms with Crippen molar-refractivity contribution in [3.05, 3.63) is 30.6 Å². The van der Waals surface area contributed by atoms with Crippen molar-refractivity contribution in [1.82, 2.24) is 29.9 Å². The zero-order valence-corrected chi connectivity index (χ0v) is 16.7. The maximum Gasteiger partial charge on any atom is 0.224 e. The van der Waals surface area contributed by atoms with Crippen molar-refractivity contribution in [3.63, 3.8) is 0 Å². The Hall–Kier alpha value is -3.00. The number of benzene rings is 1. The number of aromatic amines is 1. The molecular formula is C21H25N7O. The van der Waals surface area contributed by atoms with Crippen LogP contribution in [0.4, 0.5) is 5.95 Å². The number of aromatic nitrogens is 6. The molecule has 0 saturated heterocycles. The summed E-state index contributed by atoms with van der Waals surface area (Å²) in [5.74, 6) is 0.678. The molecule has 1 fully saturated rings. The van der Waals surface area contributed by atoms with E-state index in [2.05, 4.69) is 44.7 Å². The number of ether oxygens (including phenoxy) is 1. The number of rotatable bonds is 5. The average Bonchev–Trinajstić information content (AvgIpc) is 3.33. The van der Waals surface area contributed by atoms with Crippen LogP contribution < -0.4 is 5.32 Å². The van der Waals surface area contributed by atoms with Crippen molar-refractivity contribution in [2.75, 3.05) is 11.9 Å². The lowest BCUT2D eigenvalue weighted by Gasteiger charge is -2.28. The smallest absolute Gasteiger partial charge is 0.224 e. The zero-order valence-electron chi connectivity index (χ0n) is 16.7. The first kappa shape index (κ1) is 18.1. The molecule has 8 nitrogen and oxygen atoms in total. The number of anilines is 1. The minimum absolute atomic E-state index is 0.401. The molecule has 1 saturated carbocycles. The molecule has 1 aromatic carbocycles. The number of hydrogen-bond donors (Lipinski definition) is 2. The lowest BCUT2D eigenvalue weighted by Crippen LogP contribution is -2.30. The first-order valence-electron chi connectivity index (χ1n) is 10.2. The van der Waals surface area contributed by atoms with E-state index in [4.69, 9.17) is 9.72 Å². The topological polar surface area (TPSA) is 93.5 Å². The molecule has 0 amide bonds. The van der Waals surface area contributed by atoms with Crippen LogP contribution in [0.1, 0.15) is 32.6 Å². The third kappa shape index (κ3) is 3.44. The van der Waals surface area contributed by atoms with Crippen LogP contribution in [0.2, 0.25) is 0 Å². The van der Waals surface area contributed by atoms with E-state index in [1.165, 1.54) is 0 Å². The van der Waals surface area contributed by atoms with Crippen LogP contribution >= 0.6 is 0 Å². The van der Waals surface area contributed by atoms with Gasteiger partial charge in [0.1, 0.15) is 11.2 Å². The second-order valence-electron chi connectivity index (χ2n) is 7.65. The Balaban J connectivity index is 1.36. The van der Waals surface area contributed by atoms with Gasteiger partial charge in [-0.15, -0.1) is 5.10 Å². The Morgan fingerprint density at radius 3 is 2.93 bits per heavy atom. The van der Waals surface area contributed by atoms with Crippen LogP contribution in [0.5, 0.6) is 0 Å². The van der Waals surface area contributed by atoms with Crippen molar-refractivity contribution in [2.24, 2.45) is 7.05 Å². The van der Waals surface area contributed by atoms with Crippen LogP contribution in [-0.4, -0.2) is 48.7 Å². The Morgan fingerprint density at radius 2 is 2.10 bits per heavy atom. The molecule has 8 heteroatoms. The molecule has 2 N–H and O–H groups in total. The van der Waals surface area contributed by atoms with Gasteiger partial charge in [-0.1, -0.05) is 11.3 Å². The van der Waals surface area contributed by atoms with E-state index >= 15 is 0 Å². The molecule has 0 radical (unpaired) electrons. The third-order valence-corrected chi connectivity index (χ3v) is 5.76. The van der Waals surface area contributed by atoms with Gasteiger partial charge in [0.15, 0.2) is 0 Å². The lowest BCUT2D eigenvalue weighted by atomic mass is 9.93. The summed E-state index contributed by atoms with van der Waals surface area (Å²) in [5.41, 5.74) is 4.89. The lowest BCUT2D eigenvalue weighted by molar-refractivity contribution is 0.0346. The largest absolute Gasteiger partial charge is 0.379 e. The van der Waals surface area contributed by atoms with E-state index in [0.29, 0.717) is 18.1 Å². The highest BCUT2D eigenvalue weighted by atomic mass is 16.5. The second-order valence-corrected chi connectivity index (χ2v) is 7.65. The van der Waals surface area contributed by atoms with E-state index in [1.54, 1.807) is 4.68 Å². The predicted molar refractivity (Wildman–Crippen MR) is 113 cm³/mol. The maximum absolute atomic E-state index is 5.74. The Morgan fingerprint density at radius 1 is 1.24 bits per heavy atom. The quantitative estimate of drug-likeness (QED) is 0.539. The molecule has 0 aliphatic heterocycles. The molecule has 0 atom stereocenters. The summed E-state index contributed by atoms with van der Waals surface area (Å²) >= 11 is 0. The number of nitrogens with zero attached hydrogens (tertiary/aromatic N) is 5. The monoisotopic (exact) mass is 391 g/mol. The van der Waals surface area contributed by atoms with Crippen LogP contribution in [0.15, 0.2) is 30.6 Å². The molecule has 0 unspecified atom stereocenters. The van der Waals surface area contributed by atoms with Gasteiger partial charge in [-0.25, -0.2) is 9.67 Å². The summed E-state index contributed by atoms with van der Waals surface area (Å²) in [5, 5.41) is 12.7. The molecule has 0 spiro atoms. The van der Waals surface area contributed by atoms with Gasteiger partial charge in [-0.3, -0.25) is 0 Å². The fraction of sp³-hybridized carbons (Fsp3) is 0.429. The highest BCUT2D eigenvalue weighted by Crippen LogP contribution is 2.30. The maximum atomic E-state index is 5.74. The van der Waals surface area contributed by atoms with Crippen molar-refractivity contribution in [2.45, 2.75) is 44.8 Å². The van der Waals surface area contributed by atoms with Crippen molar-refractivity contribution in [3.8, 4) is 11.1 Å². The minimum Gasteiger partial charge on any atom is -0.379 e. The van der Waals surface area contributed by atoms with E-state index in [1.807, 2.05) is 25.5 Å². The van der Waals surface area contributed by atoms with Gasteiger partial charge in [0.2, 0.25) is 5.95 Å². The molecule has 0 bridgehead atoms. The summed E-state index contributed by atoms with van der Waals surface area (Å²) in [6.45, 7) is 2.85. The number of hydrogen-bond acceptors (Lipinski definition) is 6. The molecule has 29 heavy (non-hydrogen) atoms. The van der Waals surface area contributed by atoms with Crippen molar-refractivity contribution in [1.29, 1.82) is 0 Å². The van der Waals surface area contributed by atoms with Crippen molar-refractivity contribution >= 4 is 28.0 Å². The highest BCUT2D eigenvalue weighted by Gasteiger charge is 2.22. The normalized spacial score (nSPS) is 19.8. The number of H-pyrrole nitrogens is 1. The van der Waals surface area contributed by atoms with Gasteiger partial charge in [0, 0.05) is 43.0 Å². The van der Waals surface area contributed by atoms with E-state index < -0.39 is 0 Å². The van der Waals surface area contributed by atoms with Gasteiger partial charge < -0.3 is 15.0 Å². The van der Waals surface area contributed by atoms with Crippen LogP contribution in [0.25, 0.3) is 33.2 Å². The summed E-state index contributed by atoms with van der Waals surface area (Å²) in [6.07, 6.45) is 8.63. The standard InChI is InChI=1S/C21H25N7O/c1-3-29-15-7-5-14(6-8-15)24-21-23-12-17-16(11-22-20(17)25-21)13-4-9-18-19(10-13)28(2)27-26-18/h4,9-12,14-15H,3,5-8H2,1-2H3,(H2,22,23,24,25)/t14-,15+. The average molecular weight is 391 g/mol. The van der Waals surface area contributed by atoms with Crippen LogP contribution in [0.3, 0.4) is 0 Å². The Bertz CT molecular complexity index is 1140. The molecule has 1 aliphatic carbocycles. The van der Waals surface area contributed by atoms with Crippen LogP contribution in [0, 0.1) is 0 Å². The Labute approximate surface area is 168 Å². The van der Waals surface area contributed by atoms with E-state index in [-0.39, 0.29) is 0 Å². The van der Waals surface area contributed by atoms with Crippen LogP contribution in [-0.2, 0) is 11.8 Å². The van der Waals surface area contributed by atoms with E-state index in [9.17, 15) is 0 Å². The molecule has 150 valence electrons. The number of aryl methyl sites for hydroxylation is 1. The summed E-state index contributed by atoms with van der Waals surface area (Å²) < 4.78 is 7.52. The minimum atomic E-state index is 0.401. The second kappa shape index (κ2) is 7.44. The van der Waals surface area contributed by atoms with Gasteiger partial charge in [-0.05, 0) is 50.3 Å². The Kier molecular flexibility index (Phi) is 4.63. The summed E-state index contributed by atoms with van der Waals surface area (Å²) in [6, 6.07) is 6.55. The molecular weight excluding hydrogens is 366 g/mol. The van der Waals surface area contributed by atoms with Gasteiger partial charge >= 0.3 is 0 Å². The predicted octanol–water partition coefficient (Wildman–Crippen LogP) is 3.67. The summed E-state index contributed by atoms with van der Waals surface area (Å²) in [7, 11) is 1.90. The molecule has 1 aliphatic rings. The third-order valence-electron chi connectivity index (χ3n) is 5.76. The molecule has 3 heterocycles. The SMILES string of the molecule is CCO[C@H]1CC[C@@H](Nc2ncc3c(-c4ccc5nnn(C)c5c4)c[nH]c3n2)CC1. The van der Waals surface area contributed by atoms with Gasteiger partial charge in [0.25, 0.3) is 0 Å². The number of nitrogens with one attached hydrogen (secondary N) is 2. The fourth-order valence-corrected chi connectivity index (χ4v) is 4.21. The highest BCUT2D eigenvalue weighted by molar-refractivity contribution is 5.95. The molecule has 4 aromatic rings. The molecule has 5 rings (SSSR count). The first-order valence-corrected chi connectivity index (χ1v) is 10.2. The fourth-order valence-electron chi connectivity index (χ4n) is 4.21. The zero-order chi connectivity index (χ0) is 19.8. The first-order chi connectivity index (χ1) is 14.2. The van der Waals surface area contributed by atoms with E-state index in [0.717, 1.165) is 65.5 Å². The summed E-state index contributed by atoms with van der Waals surface area (Å²) in [4.78, 5) is 12.6.